The van der Waals surface area contributed by atoms with Gasteiger partial charge in [0.15, 0.2) is 4.96 Å². The number of rotatable bonds is 5. The molecule has 0 bridgehead atoms. The Kier molecular flexibility index (Phi) is 3.52. The number of hydrogen-bond acceptors (Lipinski definition) is 6. The topological polar surface area (TPSA) is 64.6 Å². The van der Waals surface area contributed by atoms with Gasteiger partial charge in [0.05, 0.1) is 18.8 Å². The van der Waals surface area contributed by atoms with Gasteiger partial charge in [-0.15, -0.1) is 22.7 Å². The number of nitrogens with two attached hydrogens (primary N) is 1. The highest BCUT2D eigenvalue weighted by molar-refractivity contribution is 7.15. The van der Waals surface area contributed by atoms with E-state index >= 15 is 0 Å². The van der Waals surface area contributed by atoms with Gasteiger partial charge in [-0.05, 0) is 6.07 Å². The lowest BCUT2D eigenvalue weighted by Gasteiger charge is -2.12. The van der Waals surface area contributed by atoms with Crippen molar-refractivity contribution >= 4 is 27.6 Å². The molecule has 0 aliphatic rings. The van der Waals surface area contributed by atoms with Gasteiger partial charge >= 0.3 is 0 Å². The molecule has 0 aliphatic heterocycles. The number of ether oxygens (including phenoxy) is 1. The molecule has 1 atom stereocenters. The van der Waals surface area contributed by atoms with Crippen LogP contribution in [0, 0.1) is 0 Å². The predicted molar refractivity (Wildman–Crippen MR) is 77.7 cm³/mol. The predicted octanol–water partition coefficient (Wildman–Crippen LogP) is 2.21. The molecule has 0 fully saturated rings. The van der Waals surface area contributed by atoms with Crippen molar-refractivity contribution in [1.29, 1.82) is 0 Å². The first kappa shape index (κ1) is 12.6. The number of nitrogens with zero attached hydrogens (tertiary/aromatic N) is 2. The van der Waals surface area contributed by atoms with Crippen LogP contribution in [0.25, 0.3) is 4.96 Å². The lowest BCUT2D eigenvalue weighted by Crippen LogP contribution is -2.29. The van der Waals surface area contributed by atoms with Gasteiger partial charge in [0.1, 0.15) is 5.75 Å². The molecule has 3 aromatic rings. The Balaban J connectivity index is 1.80. The van der Waals surface area contributed by atoms with Crippen LogP contribution in [0.15, 0.2) is 29.2 Å². The van der Waals surface area contributed by atoms with Crippen LogP contribution < -0.4 is 16.0 Å². The molecule has 5 nitrogen and oxygen atoms in total. The number of hydrazine groups is 1. The van der Waals surface area contributed by atoms with Crippen LogP contribution >= 0.6 is 22.7 Å². The molecule has 0 radical (unpaired) electrons. The standard InChI is InChI=1S/C12H14N4OS2/c1-17-9-5-11(19-7-9)10(15-13)4-8-6-16-2-3-18-12(16)14-8/h2-3,5-7,10,15H,4,13H2,1H3. The van der Waals surface area contributed by atoms with Crippen molar-refractivity contribution < 1.29 is 4.74 Å². The first-order valence-electron chi connectivity index (χ1n) is 5.80. The van der Waals surface area contributed by atoms with Gasteiger partial charge in [-0.25, -0.2) is 4.98 Å². The van der Waals surface area contributed by atoms with E-state index < -0.39 is 0 Å². The van der Waals surface area contributed by atoms with Crippen LogP contribution in [0.5, 0.6) is 5.75 Å². The summed E-state index contributed by atoms with van der Waals surface area (Å²) in [6.07, 6.45) is 4.81. The van der Waals surface area contributed by atoms with Crippen LogP contribution in [0.4, 0.5) is 0 Å². The van der Waals surface area contributed by atoms with Gasteiger partial charge in [-0.1, -0.05) is 0 Å². The van der Waals surface area contributed by atoms with Crippen molar-refractivity contribution in [1.82, 2.24) is 14.8 Å². The molecule has 100 valence electrons. The third kappa shape index (κ3) is 2.50. The van der Waals surface area contributed by atoms with Crippen LogP contribution in [-0.2, 0) is 6.42 Å². The summed E-state index contributed by atoms with van der Waals surface area (Å²) in [4.78, 5) is 6.73. The molecule has 3 heterocycles. The molecular formula is C12H14N4OS2. The Hall–Kier alpha value is -1.41. The number of thiazole rings is 1. The monoisotopic (exact) mass is 294 g/mol. The number of hydrogen-bond donors (Lipinski definition) is 2. The molecule has 0 aromatic carbocycles. The highest BCUT2D eigenvalue weighted by Crippen LogP contribution is 2.28. The minimum atomic E-state index is 0.0542. The molecule has 1 unspecified atom stereocenters. The van der Waals surface area contributed by atoms with E-state index in [1.807, 2.05) is 33.6 Å². The van der Waals surface area contributed by atoms with Crippen molar-refractivity contribution in [2.45, 2.75) is 12.5 Å². The zero-order valence-corrected chi connectivity index (χ0v) is 12.0. The van der Waals surface area contributed by atoms with Crippen molar-refractivity contribution in [3.8, 4) is 5.75 Å². The molecule has 3 aromatic heterocycles. The second-order valence-electron chi connectivity index (χ2n) is 4.14. The Morgan fingerprint density at radius 3 is 3.11 bits per heavy atom. The Labute approximate surface area is 118 Å². The lowest BCUT2D eigenvalue weighted by atomic mass is 10.1. The molecule has 7 heteroatoms. The number of thiophene rings is 1. The highest BCUT2D eigenvalue weighted by atomic mass is 32.1. The summed E-state index contributed by atoms with van der Waals surface area (Å²) in [6, 6.07) is 2.06. The van der Waals surface area contributed by atoms with E-state index in [9.17, 15) is 0 Å². The fourth-order valence-corrected chi connectivity index (χ4v) is 3.58. The lowest BCUT2D eigenvalue weighted by molar-refractivity contribution is 0.415. The van der Waals surface area contributed by atoms with E-state index in [0.717, 1.165) is 27.7 Å². The third-order valence-corrected chi connectivity index (χ3v) is 4.73. The number of fused-ring (bicyclic) bond motifs is 1. The summed E-state index contributed by atoms with van der Waals surface area (Å²) >= 11 is 3.26. The number of nitrogens with one attached hydrogen (secondary N) is 1. The van der Waals surface area contributed by atoms with Gasteiger partial charge in [0.25, 0.3) is 0 Å². The number of methoxy groups -OCH3 is 1. The summed E-state index contributed by atoms with van der Waals surface area (Å²) in [6.45, 7) is 0. The molecule has 0 aliphatic carbocycles. The average molecular weight is 294 g/mol. The molecule has 0 spiro atoms. The van der Waals surface area contributed by atoms with Gasteiger partial charge < -0.3 is 4.74 Å². The second kappa shape index (κ2) is 5.30. The maximum absolute atomic E-state index is 5.66. The van der Waals surface area contributed by atoms with Gasteiger partial charge in [-0.3, -0.25) is 15.7 Å². The fraction of sp³-hybridized carbons (Fsp3) is 0.250. The van der Waals surface area contributed by atoms with E-state index in [1.54, 1.807) is 29.8 Å². The molecule has 3 N–H and O–H groups in total. The van der Waals surface area contributed by atoms with E-state index in [1.165, 1.54) is 0 Å². The molecule has 19 heavy (non-hydrogen) atoms. The Morgan fingerprint density at radius 1 is 1.53 bits per heavy atom. The third-order valence-electron chi connectivity index (χ3n) is 2.93. The van der Waals surface area contributed by atoms with Crippen molar-refractivity contribution in [2.24, 2.45) is 5.84 Å². The average Bonchev–Trinajstić information content (AvgIpc) is 3.10. The SMILES string of the molecule is COc1csc(C(Cc2cn3ccsc3n2)NN)c1. The molecule has 0 saturated heterocycles. The van der Waals surface area contributed by atoms with Crippen LogP contribution in [0.1, 0.15) is 16.6 Å². The highest BCUT2D eigenvalue weighted by Gasteiger charge is 2.15. The van der Waals surface area contributed by atoms with Gasteiger partial charge in [-0.2, -0.15) is 0 Å². The fourth-order valence-electron chi connectivity index (χ4n) is 1.95. The van der Waals surface area contributed by atoms with Gasteiger partial charge in [0.2, 0.25) is 0 Å². The maximum atomic E-state index is 5.66. The number of imidazole rings is 1. The maximum Gasteiger partial charge on any atom is 0.193 e. The first-order valence-corrected chi connectivity index (χ1v) is 7.55. The summed E-state index contributed by atoms with van der Waals surface area (Å²) < 4.78 is 7.23. The zero-order valence-electron chi connectivity index (χ0n) is 10.4. The van der Waals surface area contributed by atoms with E-state index in [-0.39, 0.29) is 6.04 Å². The van der Waals surface area contributed by atoms with E-state index in [0.29, 0.717) is 0 Å². The quantitative estimate of drug-likeness (QED) is 0.559. The summed E-state index contributed by atoms with van der Waals surface area (Å²) in [7, 11) is 1.67. The summed E-state index contributed by atoms with van der Waals surface area (Å²) in [5.41, 5.74) is 3.88. The molecule has 3 rings (SSSR count). The van der Waals surface area contributed by atoms with Crippen LogP contribution in [-0.4, -0.2) is 16.5 Å². The molecule has 0 saturated carbocycles. The number of aromatic nitrogens is 2. The summed E-state index contributed by atoms with van der Waals surface area (Å²) in [5.74, 6) is 6.52. The molecule has 0 amide bonds. The van der Waals surface area contributed by atoms with E-state index in [2.05, 4.69) is 10.4 Å². The van der Waals surface area contributed by atoms with Gasteiger partial charge in [0, 0.05) is 34.5 Å². The van der Waals surface area contributed by atoms with Crippen LogP contribution in [0.3, 0.4) is 0 Å². The minimum absolute atomic E-state index is 0.0542. The normalized spacial score (nSPS) is 12.9. The smallest absolute Gasteiger partial charge is 0.193 e. The van der Waals surface area contributed by atoms with Crippen molar-refractivity contribution in [3.63, 3.8) is 0 Å². The second-order valence-corrected chi connectivity index (χ2v) is 5.95. The van der Waals surface area contributed by atoms with Crippen molar-refractivity contribution in [2.75, 3.05) is 7.11 Å². The summed E-state index contributed by atoms with van der Waals surface area (Å²) in [5, 5.41) is 4.00. The Morgan fingerprint density at radius 2 is 2.42 bits per heavy atom. The largest absolute Gasteiger partial charge is 0.496 e. The van der Waals surface area contributed by atoms with Crippen molar-refractivity contribution in [3.05, 3.63) is 39.8 Å². The molecular weight excluding hydrogens is 280 g/mol. The van der Waals surface area contributed by atoms with Crippen LogP contribution in [0.2, 0.25) is 0 Å². The minimum Gasteiger partial charge on any atom is -0.496 e. The Bertz CT molecular complexity index is 643. The van der Waals surface area contributed by atoms with E-state index in [4.69, 9.17) is 10.6 Å². The first-order chi connectivity index (χ1) is 9.30. The zero-order chi connectivity index (χ0) is 13.2.